The Bertz CT molecular complexity index is 1220. The fourth-order valence-corrected chi connectivity index (χ4v) is 4.07. The molecule has 0 aliphatic rings. The van der Waals surface area contributed by atoms with Gasteiger partial charge in [-0.1, -0.05) is 41.0 Å². The van der Waals surface area contributed by atoms with Crippen molar-refractivity contribution in [2.75, 3.05) is 6.61 Å². The number of hydrogen-bond acceptors (Lipinski definition) is 5. The summed E-state index contributed by atoms with van der Waals surface area (Å²) in [5.74, 6) is -2.41. The number of carbonyl (C=O) groups excluding carboxylic acids is 1. The number of azide groups is 1. The van der Waals surface area contributed by atoms with Crippen molar-refractivity contribution in [2.24, 2.45) is 10.8 Å². The lowest BCUT2D eigenvalue weighted by atomic mass is 9.82. The van der Waals surface area contributed by atoms with Crippen LogP contribution in [-0.2, 0) is 17.6 Å². The summed E-state index contributed by atoms with van der Waals surface area (Å²) in [6, 6.07) is 10.5. The summed E-state index contributed by atoms with van der Waals surface area (Å²) in [6.07, 6.45) is 2.65. The van der Waals surface area contributed by atoms with Crippen molar-refractivity contribution in [3.05, 3.63) is 110 Å². The Labute approximate surface area is 206 Å². The third kappa shape index (κ3) is 6.83. The number of rotatable bonds is 11. The lowest BCUT2D eigenvalue weighted by Gasteiger charge is -2.24. The predicted molar refractivity (Wildman–Crippen MR) is 129 cm³/mol. The summed E-state index contributed by atoms with van der Waals surface area (Å²) in [7, 11) is 0. The Morgan fingerprint density at radius 1 is 1.17 bits per heavy atom. The molecule has 0 spiro atoms. The highest BCUT2D eigenvalue weighted by Gasteiger charge is 2.31. The van der Waals surface area contributed by atoms with Gasteiger partial charge in [0.05, 0.1) is 12.8 Å². The molecule has 0 saturated heterocycles. The number of aromatic nitrogens is 1. The quantitative estimate of drug-likeness (QED) is 0.221. The summed E-state index contributed by atoms with van der Waals surface area (Å²) in [5.41, 5.74) is 16.6. The van der Waals surface area contributed by atoms with E-state index in [9.17, 15) is 24.2 Å². The van der Waals surface area contributed by atoms with Gasteiger partial charge in [-0.2, -0.15) is 0 Å². The van der Waals surface area contributed by atoms with E-state index >= 15 is 0 Å². The number of nitrogens with zero attached hydrogens (tertiary/aromatic N) is 4. The minimum absolute atomic E-state index is 0.190. The first-order chi connectivity index (χ1) is 16.8. The number of benzene rings is 2. The maximum absolute atomic E-state index is 14.6. The number of aliphatic hydroxyl groups excluding tert-OH is 1. The maximum Gasteiger partial charge on any atom is 0.147 e. The molecule has 2 aromatic carbocycles. The lowest BCUT2D eigenvalue weighted by Crippen LogP contribution is -2.29. The van der Waals surface area contributed by atoms with Gasteiger partial charge in [-0.15, -0.1) is 0 Å². The molecule has 0 unspecified atom stereocenters. The summed E-state index contributed by atoms with van der Waals surface area (Å²) < 4.78 is 28.7. The van der Waals surface area contributed by atoms with Crippen molar-refractivity contribution in [3.8, 4) is 0 Å². The number of Topliss-reactive ketones (excluding diaryl/α,β-unsaturated/α-hetero) is 1. The Hall–Kier alpha value is -3.36. The molecule has 0 radical (unpaired) electrons. The van der Waals surface area contributed by atoms with Crippen molar-refractivity contribution in [1.29, 1.82) is 0 Å². The molecule has 0 fully saturated rings. The third-order valence-corrected chi connectivity index (χ3v) is 5.97. The van der Waals surface area contributed by atoms with E-state index < -0.39 is 35.4 Å². The smallest absolute Gasteiger partial charge is 0.147 e. The number of aliphatic hydroxyl groups is 1. The zero-order valence-electron chi connectivity index (χ0n) is 18.7. The highest BCUT2D eigenvalue weighted by atomic mass is 35.5. The van der Waals surface area contributed by atoms with Crippen LogP contribution < -0.4 is 5.73 Å². The standard InChI is InChI=1S/C25H24ClF2N5O2/c26-18-6-4-15(5-7-18)24(16-2-1-3-19(27)10-16)25(32-33-30)23(35)11-17-12-31-13-22(28)21(17)9-8-20(29)14-34/h1-7,10,12-13,20,24-25,34H,8-9,11,14,29H2/t20-,24-,25+/m0/s1. The molecule has 0 aliphatic carbocycles. The molecular weight excluding hydrogens is 476 g/mol. The Balaban J connectivity index is 2.01. The van der Waals surface area contributed by atoms with E-state index in [-0.39, 0.29) is 25.0 Å². The molecule has 0 saturated carbocycles. The average Bonchev–Trinajstić information content (AvgIpc) is 2.84. The van der Waals surface area contributed by atoms with Crippen LogP contribution in [0.1, 0.15) is 34.6 Å². The Morgan fingerprint density at radius 2 is 1.91 bits per heavy atom. The Morgan fingerprint density at radius 3 is 2.57 bits per heavy atom. The molecular formula is C25H24ClF2N5O2. The minimum Gasteiger partial charge on any atom is -0.395 e. The third-order valence-electron chi connectivity index (χ3n) is 5.72. The van der Waals surface area contributed by atoms with Crippen LogP contribution in [0.25, 0.3) is 10.4 Å². The van der Waals surface area contributed by atoms with Crippen LogP contribution in [0.15, 0.2) is 66.0 Å². The monoisotopic (exact) mass is 499 g/mol. The van der Waals surface area contributed by atoms with Gasteiger partial charge in [0.1, 0.15) is 23.5 Å². The molecule has 0 aliphatic heterocycles. The van der Waals surface area contributed by atoms with E-state index in [1.54, 1.807) is 30.3 Å². The zero-order valence-corrected chi connectivity index (χ0v) is 19.4. The molecule has 3 atom stereocenters. The van der Waals surface area contributed by atoms with Crippen LogP contribution in [-0.4, -0.2) is 34.6 Å². The molecule has 0 amide bonds. The fraction of sp³-hybridized carbons (Fsp3) is 0.280. The van der Waals surface area contributed by atoms with E-state index in [1.807, 2.05) is 0 Å². The number of hydrogen-bond donors (Lipinski definition) is 2. The highest BCUT2D eigenvalue weighted by molar-refractivity contribution is 6.30. The van der Waals surface area contributed by atoms with Gasteiger partial charge in [-0.3, -0.25) is 9.78 Å². The summed E-state index contributed by atoms with van der Waals surface area (Å²) in [5, 5.41) is 13.4. The first kappa shape index (κ1) is 26.2. The first-order valence-corrected chi connectivity index (χ1v) is 11.3. The van der Waals surface area contributed by atoms with Crippen molar-refractivity contribution in [1.82, 2.24) is 4.98 Å². The molecule has 3 N–H and O–H groups in total. The molecule has 3 rings (SSSR count). The van der Waals surface area contributed by atoms with Gasteiger partial charge < -0.3 is 10.8 Å². The maximum atomic E-state index is 14.6. The van der Waals surface area contributed by atoms with Crippen LogP contribution in [0, 0.1) is 11.6 Å². The molecule has 0 bridgehead atoms. The average molecular weight is 500 g/mol. The van der Waals surface area contributed by atoms with Gasteiger partial charge in [0, 0.05) is 34.5 Å². The largest absolute Gasteiger partial charge is 0.395 e. The second-order valence-electron chi connectivity index (χ2n) is 8.12. The van der Waals surface area contributed by atoms with Gasteiger partial charge in [0.15, 0.2) is 0 Å². The number of nitrogens with two attached hydrogens (primary N) is 1. The normalized spacial score (nSPS) is 13.5. The molecule has 182 valence electrons. The topological polar surface area (TPSA) is 125 Å². The summed E-state index contributed by atoms with van der Waals surface area (Å²) in [4.78, 5) is 20.2. The number of ketones is 1. The Kier molecular flexibility index (Phi) is 9.28. The van der Waals surface area contributed by atoms with Gasteiger partial charge in [0.25, 0.3) is 0 Å². The van der Waals surface area contributed by atoms with Crippen LogP contribution >= 0.6 is 11.6 Å². The van der Waals surface area contributed by atoms with Crippen molar-refractivity contribution in [2.45, 2.75) is 37.3 Å². The summed E-state index contributed by atoms with van der Waals surface area (Å²) >= 11 is 6.02. The van der Waals surface area contributed by atoms with Crippen molar-refractivity contribution in [3.63, 3.8) is 0 Å². The van der Waals surface area contributed by atoms with Crippen molar-refractivity contribution >= 4 is 17.4 Å². The molecule has 3 aromatic rings. The van der Waals surface area contributed by atoms with E-state index in [4.69, 9.17) is 17.3 Å². The number of pyridine rings is 1. The van der Waals surface area contributed by atoms with Gasteiger partial charge >= 0.3 is 0 Å². The first-order valence-electron chi connectivity index (χ1n) is 10.9. The lowest BCUT2D eigenvalue weighted by molar-refractivity contribution is -0.119. The van der Waals surface area contributed by atoms with Gasteiger partial charge in [-0.25, -0.2) is 8.78 Å². The van der Waals surface area contributed by atoms with Crippen molar-refractivity contribution < 1.29 is 18.7 Å². The van der Waals surface area contributed by atoms with E-state index in [0.29, 0.717) is 28.1 Å². The van der Waals surface area contributed by atoms with Crippen LogP contribution in [0.3, 0.4) is 0 Å². The van der Waals surface area contributed by atoms with Crippen LogP contribution in [0.4, 0.5) is 8.78 Å². The molecule has 1 heterocycles. The number of halogens is 3. The molecule has 7 nitrogen and oxygen atoms in total. The highest BCUT2D eigenvalue weighted by Crippen LogP contribution is 2.33. The second-order valence-corrected chi connectivity index (χ2v) is 8.55. The van der Waals surface area contributed by atoms with E-state index in [0.717, 1.165) is 6.20 Å². The zero-order chi connectivity index (χ0) is 25.4. The van der Waals surface area contributed by atoms with Crippen LogP contribution in [0.5, 0.6) is 0 Å². The van der Waals surface area contributed by atoms with Crippen LogP contribution in [0.2, 0.25) is 5.02 Å². The van der Waals surface area contributed by atoms with Gasteiger partial charge in [0.2, 0.25) is 0 Å². The summed E-state index contributed by atoms with van der Waals surface area (Å²) in [6.45, 7) is -0.254. The number of carbonyl (C=O) groups is 1. The van der Waals surface area contributed by atoms with E-state index in [2.05, 4.69) is 15.0 Å². The van der Waals surface area contributed by atoms with Gasteiger partial charge in [-0.05, 0) is 64.9 Å². The predicted octanol–water partition coefficient (Wildman–Crippen LogP) is 4.89. The van der Waals surface area contributed by atoms with E-state index in [1.165, 1.54) is 24.4 Å². The SMILES string of the molecule is [N-]=[N+]=N[C@H](C(=O)Cc1cncc(F)c1CC[C@H](N)CO)[C@@H](c1ccc(Cl)cc1)c1cccc(F)c1. The minimum atomic E-state index is -1.25. The molecule has 1 aromatic heterocycles. The fourth-order valence-electron chi connectivity index (χ4n) is 3.95. The molecule has 35 heavy (non-hydrogen) atoms. The molecule has 10 heteroatoms. The second kappa shape index (κ2) is 12.4.